The monoisotopic (exact) mass is 853 g/mol. The maximum absolute atomic E-state index is 12.8. The molecule has 0 aromatic heterocycles. The summed E-state index contributed by atoms with van der Waals surface area (Å²) in [6.45, 7) is 6.49. The minimum absolute atomic E-state index is 0.0808. The lowest BCUT2D eigenvalue weighted by molar-refractivity contribution is -0.167. The SMILES string of the molecule is CC/C=C\C/C=C\C/C=C\C/C=C\CCCCCCCCC(=O)OCC(COC(=O)CCCCCCCCCCC)OC(=O)CCCCCCC/C=C\CCCCCCCC. The number of carbonyl (C=O) groups is 3. The van der Waals surface area contributed by atoms with Crippen molar-refractivity contribution in [2.45, 2.75) is 258 Å². The number of rotatable bonds is 46. The van der Waals surface area contributed by atoms with E-state index in [9.17, 15) is 14.4 Å². The van der Waals surface area contributed by atoms with Gasteiger partial charge in [0.05, 0.1) is 0 Å². The van der Waals surface area contributed by atoms with Crippen molar-refractivity contribution in [1.29, 1.82) is 0 Å². The molecular weight excluding hydrogens is 757 g/mol. The molecule has 0 saturated carbocycles. The first-order valence-electron chi connectivity index (χ1n) is 25.8. The fraction of sp³-hybridized carbons (Fsp3) is 0.764. The van der Waals surface area contributed by atoms with E-state index >= 15 is 0 Å². The Labute approximate surface area is 377 Å². The Morgan fingerprint density at radius 3 is 1.02 bits per heavy atom. The number of hydrogen-bond acceptors (Lipinski definition) is 6. The van der Waals surface area contributed by atoms with Gasteiger partial charge in [-0.25, -0.2) is 0 Å². The van der Waals surface area contributed by atoms with Crippen LogP contribution in [0.1, 0.15) is 252 Å². The molecule has 6 nitrogen and oxygen atoms in total. The molecule has 0 rings (SSSR count). The molecule has 0 radical (unpaired) electrons. The van der Waals surface area contributed by atoms with Gasteiger partial charge in [-0.05, 0) is 83.5 Å². The van der Waals surface area contributed by atoms with Gasteiger partial charge < -0.3 is 14.2 Å². The van der Waals surface area contributed by atoms with E-state index in [2.05, 4.69) is 81.5 Å². The second kappa shape index (κ2) is 49.8. The van der Waals surface area contributed by atoms with Crippen molar-refractivity contribution < 1.29 is 28.6 Å². The Morgan fingerprint density at radius 1 is 0.344 bits per heavy atom. The van der Waals surface area contributed by atoms with Crippen LogP contribution in [0.5, 0.6) is 0 Å². The lowest BCUT2D eigenvalue weighted by Gasteiger charge is -2.18. The predicted molar refractivity (Wildman–Crippen MR) is 261 cm³/mol. The quantitative estimate of drug-likeness (QED) is 0.0263. The third-order valence-electron chi connectivity index (χ3n) is 11.0. The summed E-state index contributed by atoms with van der Waals surface area (Å²) in [6, 6.07) is 0. The van der Waals surface area contributed by atoms with Crippen molar-refractivity contribution in [2.24, 2.45) is 0 Å². The Hall–Kier alpha value is -2.89. The molecule has 0 bridgehead atoms. The minimum atomic E-state index is -0.781. The summed E-state index contributed by atoms with van der Waals surface area (Å²) in [5.74, 6) is -0.902. The highest BCUT2D eigenvalue weighted by Gasteiger charge is 2.19. The molecule has 0 aromatic carbocycles. The highest BCUT2D eigenvalue weighted by Crippen LogP contribution is 2.14. The summed E-state index contributed by atoms with van der Waals surface area (Å²) >= 11 is 0. The molecule has 0 amide bonds. The third-order valence-corrected chi connectivity index (χ3v) is 11.0. The first kappa shape index (κ1) is 58.1. The van der Waals surface area contributed by atoms with Gasteiger partial charge in [0.25, 0.3) is 0 Å². The van der Waals surface area contributed by atoms with Crippen molar-refractivity contribution in [1.82, 2.24) is 0 Å². The molecule has 1 atom stereocenters. The molecule has 0 heterocycles. The van der Waals surface area contributed by atoms with Crippen LogP contribution in [0, 0.1) is 0 Å². The van der Waals surface area contributed by atoms with Crippen LogP contribution in [-0.4, -0.2) is 37.2 Å². The smallest absolute Gasteiger partial charge is 0.306 e. The van der Waals surface area contributed by atoms with Crippen molar-refractivity contribution in [3.8, 4) is 0 Å². The highest BCUT2D eigenvalue weighted by atomic mass is 16.6. The fourth-order valence-corrected chi connectivity index (χ4v) is 7.13. The molecule has 0 N–H and O–H groups in total. The second-order valence-corrected chi connectivity index (χ2v) is 17.1. The van der Waals surface area contributed by atoms with Crippen LogP contribution in [0.3, 0.4) is 0 Å². The van der Waals surface area contributed by atoms with Crippen LogP contribution in [0.2, 0.25) is 0 Å². The topological polar surface area (TPSA) is 78.9 Å². The molecule has 0 saturated heterocycles. The average molecular weight is 853 g/mol. The van der Waals surface area contributed by atoms with Crippen molar-refractivity contribution in [3.63, 3.8) is 0 Å². The van der Waals surface area contributed by atoms with Gasteiger partial charge in [-0.15, -0.1) is 0 Å². The van der Waals surface area contributed by atoms with E-state index in [0.717, 1.165) is 103 Å². The first-order chi connectivity index (χ1) is 30.0. The second-order valence-electron chi connectivity index (χ2n) is 17.1. The summed E-state index contributed by atoms with van der Waals surface area (Å²) in [5.41, 5.74) is 0. The molecule has 1 unspecified atom stereocenters. The average Bonchev–Trinajstić information content (AvgIpc) is 3.26. The van der Waals surface area contributed by atoms with Gasteiger partial charge >= 0.3 is 17.9 Å². The van der Waals surface area contributed by atoms with Gasteiger partial charge in [0.2, 0.25) is 0 Å². The van der Waals surface area contributed by atoms with E-state index in [1.807, 2.05) is 0 Å². The Morgan fingerprint density at radius 2 is 0.639 bits per heavy atom. The molecule has 352 valence electrons. The fourth-order valence-electron chi connectivity index (χ4n) is 7.13. The number of allylic oxidation sites excluding steroid dienone is 10. The van der Waals surface area contributed by atoms with Crippen LogP contribution in [0.25, 0.3) is 0 Å². The van der Waals surface area contributed by atoms with Crippen LogP contribution < -0.4 is 0 Å². The van der Waals surface area contributed by atoms with E-state index in [-0.39, 0.29) is 31.1 Å². The molecule has 0 aliphatic carbocycles. The maximum atomic E-state index is 12.8. The molecule has 0 fully saturated rings. The van der Waals surface area contributed by atoms with Crippen LogP contribution in [-0.2, 0) is 28.6 Å². The summed E-state index contributed by atoms with van der Waals surface area (Å²) in [7, 11) is 0. The highest BCUT2D eigenvalue weighted by molar-refractivity contribution is 5.71. The molecule has 61 heavy (non-hydrogen) atoms. The van der Waals surface area contributed by atoms with Crippen molar-refractivity contribution >= 4 is 17.9 Å². The summed E-state index contributed by atoms with van der Waals surface area (Å²) < 4.78 is 16.8. The van der Waals surface area contributed by atoms with Gasteiger partial charge in [-0.3, -0.25) is 14.4 Å². The zero-order chi connectivity index (χ0) is 44.4. The molecule has 6 heteroatoms. The largest absolute Gasteiger partial charge is 0.462 e. The normalized spacial score (nSPS) is 12.5. The number of esters is 3. The van der Waals surface area contributed by atoms with Crippen molar-refractivity contribution in [2.75, 3.05) is 13.2 Å². The number of unbranched alkanes of at least 4 members (excludes halogenated alkanes) is 25. The Balaban J connectivity index is 4.35. The molecule has 0 aliphatic heterocycles. The summed E-state index contributed by atoms with van der Waals surface area (Å²) in [5, 5.41) is 0. The van der Waals surface area contributed by atoms with Gasteiger partial charge in [-0.1, -0.05) is 210 Å². The van der Waals surface area contributed by atoms with Crippen LogP contribution in [0.4, 0.5) is 0 Å². The van der Waals surface area contributed by atoms with Gasteiger partial charge in [0.15, 0.2) is 6.10 Å². The number of hydrogen-bond donors (Lipinski definition) is 0. The molecule has 0 aliphatic rings. The van der Waals surface area contributed by atoms with Gasteiger partial charge in [-0.2, -0.15) is 0 Å². The van der Waals surface area contributed by atoms with E-state index in [1.54, 1.807) is 0 Å². The zero-order valence-electron chi connectivity index (χ0n) is 40.2. The summed E-state index contributed by atoms with van der Waals surface area (Å²) in [6.07, 6.45) is 60.6. The van der Waals surface area contributed by atoms with Gasteiger partial charge in [0, 0.05) is 19.3 Å². The van der Waals surface area contributed by atoms with E-state index < -0.39 is 6.10 Å². The van der Waals surface area contributed by atoms with E-state index in [0.29, 0.717) is 19.3 Å². The van der Waals surface area contributed by atoms with Crippen LogP contribution in [0.15, 0.2) is 60.8 Å². The first-order valence-corrected chi connectivity index (χ1v) is 25.8. The minimum Gasteiger partial charge on any atom is -0.462 e. The maximum Gasteiger partial charge on any atom is 0.306 e. The predicted octanol–water partition coefficient (Wildman–Crippen LogP) is 16.9. The zero-order valence-corrected chi connectivity index (χ0v) is 40.2. The Kier molecular flexibility index (Phi) is 47.4. The lowest BCUT2D eigenvalue weighted by atomic mass is 10.1. The van der Waals surface area contributed by atoms with Crippen LogP contribution >= 0.6 is 0 Å². The molecule has 0 spiro atoms. The lowest BCUT2D eigenvalue weighted by Crippen LogP contribution is -2.30. The van der Waals surface area contributed by atoms with E-state index in [1.165, 1.54) is 109 Å². The third kappa shape index (κ3) is 48.0. The van der Waals surface area contributed by atoms with E-state index in [4.69, 9.17) is 14.2 Å². The van der Waals surface area contributed by atoms with Gasteiger partial charge in [0.1, 0.15) is 13.2 Å². The standard InChI is InChI=1S/C55H96O6/c1-4-7-10-13-16-19-21-23-25-26-27-28-30-31-33-36-39-42-45-48-54(57)60-51-52(50-59-53(56)47-44-41-38-35-18-15-12-9-6-3)61-55(58)49-46-43-40-37-34-32-29-24-22-20-17-14-11-8-5-2/h7,10,16,19,23-25,27-29,52H,4-6,8-9,11-15,17-18,20-22,26,30-51H2,1-3H3/b10-7-,19-16-,25-23-,28-27-,29-24-. The molecule has 0 aromatic rings. The summed E-state index contributed by atoms with van der Waals surface area (Å²) in [4.78, 5) is 37.9. The van der Waals surface area contributed by atoms with Crippen molar-refractivity contribution in [3.05, 3.63) is 60.8 Å². The number of carbonyl (C=O) groups excluding carboxylic acids is 3. The number of ether oxygens (including phenoxy) is 3. The molecular formula is C55H96O6. The Bertz CT molecular complexity index is 1120.